The topological polar surface area (TPSA) is 323 Å². The normalized spacial score (nSPS) is 31.8. The van der Waals surface area contributed by atoms with Gasteiger partial charge in [0.2, 0.25) is 0 Å². The van der Waals surface area contributed by atoms with Gasteiger partial charge in [-0.25, -0.2) is 19.9 Å². The van der Waals surface area contributed by atoms with Crippen molar-refractivity contribution in [1.82, 2.24) is 29.1 Å². The van der Waals surface area contributed by atoms with Crippen molar-refractivity contribution in [2.45, 2.75) is 48.1 Å². The summed E-state index contributed by atoms with van der Waals surface area (Å²) in [6.45, 7) is -2.30. The molecule has 0 bridgehead atoms. The Balaban J connectivity index is 0.000000184. The van der Waals surface area contributed by atoms with Gasteiger partial charge in [-0.2, -0.15) is 0 Å². The smallest absolute Gasteiger partial charge is 0.195 e. The molecule has 20 nitrogen and oxygen atoms in total. The van der Waals surface area contributed by atoms with Gasteiger partial charge in [0.1, 0.15) is 66.3 Å². The third kappa shape index (κ3) is 5.77. The fourth-order valence-corrected chi connectivity index (χ4v) is 5.84. The van der Waals surface area contributed by atoms with Gasteiger partial charge in [0.05, 0.1) is 37.2 Å². The van der Waals surface area contributed by atoms with E-state index in [0.717, 1.165) is 0 Å². The molecule has 2 aliphatic rings. The van der Waals surface area contributed by atoms with Crippen LogP contribution in [-0.4, -0.2) is 143 Å². The van der Waals surface area contributed by atoms with E-state index in [2.05, 4.69) is 19.9 Å². The molecule has 0 radical (unpaired) electrons. The summed E-state index contributed by atoms with van der Waals surface area (Å²) in [5.74, 6) is 0.507. The van der Waals surface area contributed by atoms with E-state index < -0.39 is 82.6 Å². The van der Waals surface area contributed by atoms with Crippen molar-refractivity contribution in [2.24, 2.45) is 0 Å². The van der Waals surface area contributed by atoms with Gasteiger partial charge < -0.3 is 80.3 Å². The first-order chi connectivity index (χ1) is 21.9. The van der Waals surface area contributed by atoms with Crippen LogP contribution in [0.1, 0.15) is 12.5 Å². The lowest BCUT2D eigenvalue weighted by Gasteiger charge is -2.29. The molecule has 3 unspecified atom stereocenters. The molecule has 2 saturated heterocycles. The molecule has 2 fully saturated rings. The molecule has 0 amide bonds. The van der Waals surface area contributed by atoms with Crippen LogP contribution in [0.4, 0.5) is 11.6 Å². The molecule has 0 saturated carbocycles. The Kier molecular flexibility index (Phi) is 10.0. The zero-order valence-electron chi connectivity index (χ0n) is 24.0. The summed E-state index contributed by atoms with van der Waals surface area (Å²) in [7, 11) is -2.06. The number of nitrogens with zero attached hydrogens (tertiary/aromatic N) is 6. The van der Waals surface area contributed by atoms with Gasteiger partial charge in [-0.05, 0) is 12.1 Å². The van der Waals surface area contributed by atoms with Gasteiger partial charge in [-0.15, -0.1) is 0 Å². The highest BCUT2D eigenvalue weighted by atomic mass is 31.2. The molecule has 0 spiro atoms. The maximum Gasteiger partial charge on any atom is 0.195 e. The number of hydrogen-bond acceptors (Lipinski definition) is 18. The number of ether oxygens (including phenoxy) is 2. The van der Waals surface area contributed by atoms with Crippen molar-refractivity contribution >= 4 is 42.1 Å². The highest BCUT2D eigenvalue weighted by molar-refractivity contribution is 7.45. The van der Waals surface area contributed by atoms with Crippen LogP contribution in [0.3, 0.4) is 0 Å². The molecular weight excluding hydrogens is 635 g/mol. The Morgan fingerprint density at radius 2 is 1.24 bits per heavy atom. The molecule has 6 rings (SSSR count). The fraction of sp³-hybridized carbons (Fsp3) is 0.520. The van der Waals surface area contributed by atoms with E-state index in [1.54, 1.807) is 24.5 Å². The maximum atomic E-state index is 10.7. The molecule has 2 aliphatic heterocycles. The number of fused-ring (bicyclic) bond motifs is 2. The number of aliphatic hydroxyl groups excluding tert-OH is 6. The third-order valence-electron chi connectivity index (χ3n) is 7.97. The number of hydrogen-bond donors (Lipinski definition) is 11. The summed E-state index contributed by atoms with van der Waals surface area (Å²) in [5, 5.41) is 79.8. The number of nitrogen functional groups attached to an aromatic ring is 2. The van der Waals surface area contributed by atoms with E-state index >= 15 is 0 Å². The second kappa shape index (κ2) is 13.5. The van der Waals surface area contributed by atoms with Gasteiger partial charge in [0.25, 0.3) is 0 Å². The summed E-state index contributed by atoms with van der Waals surface area (Å²) >= 11 is 0. The number of rotatable bonds is 9. The lowest BCUT2D eigenvalue weighted by atomic mass is 9.95. The van der Waals surface area contributed by atoms with Gasteiger partial charge in [0, 0.05) is 12.4 Å². The van der Waals surface area contributed by atoms with Gasteiger partial charge in [-0.1, -0.05) is 0 Å². The van der Waals surface area contributed by atoms with Crippen LogP contribution in [0.25, 0.3) is 22.1 Å². The number of nitrogens with two attached hydrogens (primary N) is 2. The van der Waals surface area contributed by atoms with Crippen LogP contribution >= 0.6 is 8.38 Å². The van der Waals surface area contributed by atoms with Crippen molar-refractivity contribution in [3.63, 3.8) is 0 Å². The van der Waals surface area contributed by atoms with Crippen LogP contribution in [0.5, 0.6) is 0 Å². The molecular formula is C25H35N8O12P. The standard InChI is InChI=1S/C13H19N4O7P.C12H16N4O5/c14-10-7-1-2-17(11(7)16-5-15-10)12-13(21,4-18)9(20)8(24-12)3-23-25(22)6-19;13-9-6-1-2-16(10(6)15-5-14-9)11-12(20,4-18)8(19)7(3-17)21-11/h1-2,5,8-9,12,18-22H,3-4,6H2,(H2,14,15,16);1-2,5,7-8,11,17-20H,3-4H2,(H2,13,14,15)/t8-,9?,12-,13-,25?;7-,8?,11-,12-/m11/s1. The average Bonchev–Trinajstić information content (AvgIpc) is 3.81. The maximum absolute atomic E-state index is 10.7. The molecule has 46 heavy (non-hydrogen) atoms. The molecule has 9 atom stereocenters. The van der Waals surface area contributed by atoms with Crippen LogP contribution in [0.2, 0.25) is 0 Å². The van der Waals surface area contributed by atoms with E-state index in [0.29, 0.717) is 22.1 Å². The Hall–Kier alpha value is -3.21. The largest absolute Gasteiger partial charge is 0.394 e. The van der Waals surface area contributed by atoms with Gasteiger partial charge >= 0.3 is 0 Å². The summed E-state index contributed by atoms with van der Waals surface area (Å²) in [6, 6.07) is 3.27. The van der Waals surface area contributed by atoms with E-state index in [4.69, 9.17) is 30.6 Å². The molecule has 4 aromatic heterocycles. The van der Waals surface area contributed by atoms with E-state index in [-0.39, 0.29) is 18.2 Å². The zero-order valence-corrected chi connectivity index (χ0v) is 24.9. The summed E-state index contributed by atoms with van der Waals surface area (Å²) < 4.78 is 19.0. The number of anilines is 2. The van der Waals surface area contributed by atoms with Crippen molar-refractivity contribution in [2.75, 3.05) is 44.2 Å². The zero-order chi connectivity index (χ0) is 33.4. The minimum absolute atomic E-state index is 0.239. The summed E-state index contributed by atoms with van der Waals surface area (Å²) in [4.78, 5) is 25.2. The Morgan fingerprint density at radius 3 is 1.67 bits per heavy atom. The van der Waals surface area contributed by atoms with Crippen molar-refractivity contribution in [3.8, 4) is 0 Å². The molecule has 252 valence electrons. The second-order valence-corrected chi connectivity index (χ2v) is 11.9. The summed E-state index contributed by atoms with van der Waals surface area (Å²) in [6.07, 6.45) is -2.21. The van der Waals surface area contributed by atoms with Crippen LogP contribution < -0.4 is 11.5 Å². The predicted molar refractivity (Wildman–Crippen MR) is 157 cm³/mol. The van der Waals surface area contributed by atoms with E-state index in [9.17, 15) is 40.6 Å². The van der Waals surface area contributed by atoms with Crippen molar-refractivity contribution in [3.05, 3.63) is 37.2 Å². The second-order valence-electron chi connectivity index (χ2n) is 10.7. The van der Waals surface area contributed by atoms with Gasteiger partial charge in [0.15, 0.2) is 32.0 Å². The molecule has 0 aromatic carbocycles. The lowest BCUT2D eigenvalue weighted by molar-refractivity contribution is -0.132. The van der Waals surface area contributed by atoms with Crippen LogP contribution in [-0.2, 0) is 14.0 Å². The Labute approximate surface area is 260 Å². The predicted octanol–water partition coefficient (Wildman–Crippen LogP) is -3.75. The van der Waals surface area contributed by atoms with E-state index in [1.807, 2.05) is 0 Å². The van der Waals surface area contributed by atoms with Gasteiger partial charge in [-0.3, -0.25) is 0 Å². The Morgan fingerprint density at radius 1 is 0.783 bits per heavy atom. The number of aliphatic hydroxyl groups is 8. The SMILES string of the molecule is Nc1ncnc2c1ccn2[C@@H]1O[C@H](CO)C(O)[C@]1(O)CO.Nc1ncnc2c1ccn2[C@@H]1O[C@H](COP(O)CO)C(O)[C@]1(O)CO. The third-order valence-corrected chi connectivity index (χ3v) is 8.66. The minimum atomic E-state index is -2.06. The number of aromatic nitrogens is 6. The quantitative estimate of drug-likeness (QED) is 0.0762. The summed E-state index contributed by atoms with van der Waals surface area (Å²) in [5.41, 5.74) is 8.29. The average molecular weight is 671 g/mol. The molecule has 4 aromatic rings. The molecule has 21 heteroatoms. The molecule has 0 aliphatic carbocycles. The molecule has 6 heterocycles. The van der Waals surface area contributed by atoms with Crippen LogP contribution in [0.15, 0.2) is 37.2 Å². The first-order valence-corrected chi connectivity index (χ1v) is 15.1. The van der Waals surface area contributed by atoms with Crippen molar-refractivity contribution in [1.29, 1.82) is 0 Å². The first-order valence-electron chi connectivity index (χ1n) is 13.7. The minimum Gasteiger partial charge on any atom is -0.394 e. The van der Waals surface area contributed by atoms with Crippen molar-refractivity contribution < 1.29 is 59.7 Å². The Bertz CT molecular complexity index is 1650. The fourth-order valence-electron chi connectivity index (χ4n) is 5.44. The monoisotopic (exact) mass is 670 g/mol. The van der Waals surface area contributed by atoms with Crippen LogP contribution in [0, 0.1) is 0 Å². The highest BCUT2D eigenvalue weighted by Crippen LogP contribution is 2.42. The lowest BCUT2D eigenvalue weighted by Crippen LogP contribution is -2.50. The van der Waals surface area contributed by atoms with E-state index in [1.165, 1.54) is 21.8 Å². The first kappa shape index (κ1) is 34.1. The highest BCUT2D eigenvalue weighted by Gasteiger charge is 2.57. The molecule has 13 N–H and O–H groups in total.